The zero-order chi connectivity index (χ0) is 33.0. The van der Waals surface area contributed by atoms with Crippen molar-refractivity contribution >= 4 is 11.9 Å². The van der Waals surface area contributed by atoms with Crippen LogP contribution in [-0.4, -0.2) is 23.1 Å². The van der Waals surface area contributed by atoms with Crippen LogP contribution in [0.15, 0.2) is 0 Å². The van der Waals surface area contributed by atoms with Crippen molar-refractivity contribution in [3.8, 4) is 0 Å². The van der Waals surface area contributed by atoms with E-state index in [4.69, 9.17) is 4.74 Å². The summed E-state index contributed by atoms with van der Waals surface area (Å²) in [6.45, 7) is 9.80. The van der Waals surface area contributed by atoms with Gasteiger partial charge >= 0.3 is 11.9 Å². The van der Waals surface area contributed by atoms with Gasteiger partial charge in [-0.05, 0) is 117 Å². The Kier molecular flexibility index (Phi) is 15.3. The summed E-state index contributed by atoms with van der Waals surface area (Å²) in [5.41, 5.74) is 0.788. The first-order chi connectivity index (χ1) is 22.2. The summed E-state index contributed by atoms with van der Waals surface area (Å²) in [7, 11) is 0. The molecular weight excluding hydrogens is 568 g/mol. The first kappa shape index (κ1) is 37.8. The van der Waals surface area contributed by atoms with Crippen LogP contribution in [0.25, 0.3) is 0 Å². The average Bonchev–Trinajstić information content (AvgIpc) is 3.39. The van der Waals surface area contributed by atoms with Gasteiger partial charge in [-0.3, -0.25) is 9.59 Å². The molecule has 0 radical (unpaired) electrons. The van der Waals surface area contributed by atoms with Crippen molar-refractivity contribution in [1.82, 2.24) is 0 Å². The van der Waals surface area contributed by atoms with E-state index in [1.54, 1.807) is 0 Å². The number of ether oxygens (including phenoxy) is 1. The monoisotopic (exact) mass is 643 g/mol. The number of carbonyl (C=O) groups is 2. The van der Waals surface area contributed by atoms with E-state index in [9.17, 15) is 14.7 Å². The Morgan fingerprint density at radius 1 is 0.696 bits per heavy atom. The number of carboxylic acid groups (broad SMARTS) is 1. The summed E-state index contributed by atoms with van der Waals surface area (Å²) in [6.07, 6.45) is 33.4. The van der Waals surface area contributed by atoms with Crippen molar-refractivity contribution < 1.29 is 19.4 Å². The molecule has 46 heavy (non-hydrogen) atoms. The first-order valence-corrected chi connectivity index (χ1v) is 20.6. The third-order valence-electron chi connectivity index (χ3n) is 14.5. The molecule has 0 bridgehead atoms. The van der Waals surface area contributed by atoms with Crippen LogP contribution in [0.5, 0.6) is 0 Å². The maximum absolute atomic E-state index is 12.8. The summed E-state index contributed by atoms with van der Waals surface area (Å²) < 4.78 is 6.13. The lowest BCUT2D eigenvalue weighted by molar-refractivity contribution is -0.162. The summed E-state index contributed by atoms with van der Waals surface area (Å²) >= 11 is 0. The van der Waals surface area contributed by atoms with Crippen LogP contribution in [0.4, 0.5) is 0 Å². The first-order valence-electron chi connectivity index (χ1n) is 20.6. The van der Waals surface area contributed by atoms with Crippen molar-refractivity contribution in [2.45, 2.75) is 207 Å². The maximum Gasteiger partial charge on any atom is 0.306 e. The molecular formula is C42H74O4. The predicted molar refractivity (Wildman–Crippen MR) is 191 cm³/mol. The number of hydrogen-bond donors (Lipinski definition) is 1. The fourth-order valence-electron chi connectivity index (χ4n) is 11.7. The third-order valence-corrected chi connectivity index (χ3v) is 14.5. The van der Waals surface area contributed by atoms with Crippen LogP contribution < -0.4 is 0 Å². The van der Waals surface area contributed by atoms with Gasteiger partial charge in [-0.2, -0.15) is 0 Å². The molecule has 4 rings (SSSR count). The van der Waals surface area contributed by atoms with Gasteiger partial charge in [0.15, 0.2) is 0 Å². The molecule has 0 aromatic carbocycles. The van der Waals surface area contributed by atoms with Crippen LogP contribution in [0.2, 0.25) is 0 Å². The van der Waals surface area contributed by atoms with Gasteiger partial charge in [0.25, 0.3) is 0 Å². The quantitative estimate of drug-likeness (QED) is 0.0999. The van der Waals surface area contributed by atoms with Gasteiger partial charge in [0.2, 0.25) is 0 Å². The largest absolute Gasteiger partial charge is 0.481 e. The highest BCUT2D eigenvalue weighted by atomic mass is 16.5. The third kappa shape index (κ3) is 9.99. The molecule has 0 heterocycles. The Hall–Kier alpha value is -1.06. The zero-order valence-corrected chi connectivity index (χ0v) is 30.8. The second kappa shape index (κ2) is 18.6. The van der Waals surface area contributed by atoms with E-state index in [-0.39, 0.29) is 12.1 Å². The van der Waals surface area contributed by atoms with Gasteiger partial charge in [-0.15, -0.1) is 0 Å². The molecule has 4 heteroatoms. The molecule has 9 atom stereocenters. The Labute approximate surface area is 284 Å². The highest BCUT2D eigenvalue weighted by molar-refractivity contribution is 5.69. The molecule has 4 nitrogen and oxygen atoms in total. The summed E-state index contributed by atoms with van der Waals surface area (Å²) in [5.74, 6) is 3.76. The van der Waals surface area contributed by atoms with Gasteiger partial charge in [0, 0.05) is 12.8 Å². The second-order valence-corrected chi connectivity index (χ2v) is 17.4. The summed E-state index contributed by atoms with van der Waals surface area (Å²) in [5, 5.41) is 9.26. The van der Waals surface area contributed by atoms with Crippen molar-refractivity contribution in [3.63, 3.8) is 0 Å². The molecule has 4 saturated carbocycles. The number of rotatable bonds is 21. The van der Waals surface area contributed by atoms with Gasteiger partial charge in [-0.25, -0.2) is 0 Å². The lowest BCUT2D eigenvalue weighted by atomic mass is 9.44. The van der Waals surface area contributed by atoms with Crippen LogP contribution in [-0.2, 0) is 14.3 Å². The zero-order valence-electron chi connectivity index (χ0n) is 30.8. The van der Waals surface area contributed by atoms with Gasteiger partial charge in [-0.1, -0.05) is 118 Å². The Balaban J connectivity index is 1.08. The molecule has 0 aliphatic heterocycles. The molecule has 266 valence electrons. The van der Waals surface area contributed by atoms with Crippen LogP contribution in [0, 0.1) is 46.3 Å². The van der Waals surface area contributed by atoms with Crippen molar-refractivity contribution in [3.05, 3.63) is 0 Å². The highest BCUT2D eigenvalue weighted by Gasteiger charge is 2.60. The fraction of sp³-hybridized carbons (Fsp3) is 0.952. The molecule has 4 aliphatic rings. The molecule has 0 aromatic heterocycles. The molecule has 0 amide bonds. The van der Waals surface area contributed by atoms with Gasteiger partial charge in [0.05, 0.1) is 0 Å². The lowest BCUT2D eigenvalue weighted by Gasteiger charge is -2.61. The summed E-state index contributed by atoms with van der Waals surface area (Å²) in [4.78, 5) is 24.0. The number of fused-ring (bicyclic) bond motifs is 5. The van der Waals surface area contributed by atoms with E-state index in [0.717, 1.165) is 43.4 Å². The number of carbonyl (C=O) groups excluding carboxylic acids is 1. The number of unbranched alkanes of at least 4 members (excludes halogenated alkanes) is 14. The van der Waals surface area contributed by atoms with E-state index >= 15 is 0 Å². The highest BCUT2D eigenvalue weighted by Crippen LogP contribution is 2.68. The average molecular weight is 643 g/mol. The van der Waals surface area contributed by atoms with E-state index in [0.29, 0.717) is 41.4 Å². The van der Waals surface area contributed by atoms with Crippen molar-refractivity contribution in [1.29, 1.82) is 0 Å². The molecule has 0 unspecified atom stereocenters. The summed E-state index contributed by atoms with van der Waals surface area (Å²) in [6, 6.07) is 0. The normalized spacial score (nSPS) is 34.3. The topological polar surface area (TPSA) is 63.6 Å². The number of esters is 1. The van der Waals surface area contributed by atoms with Gasteiger partial charge < -0.3 is 9.84 Å². The lowest BCUT2D eigenvalue weighted by Crippen LogP contribution is -2.54. The standard InChI is InChI=1S/C42H74O4/c1-5-6-7-8-9-10-11-12-13-14-15-16-17-18-19-20-40(45)46-34-27-29-41(3)33(31-34)22-23-35-37-25-24-36(32(2)21-26-39(43)44)42(37,4)30-28-38(35)41/h32-38H,5-31H2,1-4H3,(H,43,44)/t32-,33-,34-,35+,36-,37+,38+,41+,42-/m1/s1. The van der Waals surface area contributed by atoms with Crippen LogP contribution in [0.3, 0.4) is 0 Å². The minimum atomic E-state index is -0.646. The minimum Gasteiger partial charge on any atom is -0.481 e. The number of hydrogen-bond acceptors (Lipinski definition) is 3. The molecule has 0 saturated heterocycles. The van der Waals surface area contributed by atoms with Crippen LogP contribution >= 0.6 is 0 Å². The van der Waals surface area contributed by atoms with Crippen molar-refractivity contribution in [2.24, 2.45) is 46.3 Å². The van der Waals surface area contributed by atoms with E-state index in [2.05, 4.69) is 27.7 Å². The van der Waals surface area contributed by atoms with E-state index < -0.39 is 5.97 Å². The molecule has 0 spiro atoms. The van der Waals surface area contributed by atoms with Crippen molar-refractivity contribution in [2.75, 3.05) is 0 Å². The van der Waals surface area contributed by atoms with E-state index in [1.165, 1.54) is 135 Å². The van der Waals surface area contributed by atoms with Gasteiger partial charge in [0.1, 0.15) is 6.10 Å². The molecule has 4 aliphatic carbocycles. The molecule has 0 aromatic rings. The smallest absolute Gasteiger partial charge is 0.306 e. The Morgan fingerprint density at radius 3 is 1.87 bits per heavy atom. The molecule has 1 N–H and O–H groups in total. The fourth-order valence-corrected chi connectivity index (χ4v) is 11.7. The second-order valence-electron chi connectivity index (χ2n) is 17.4. The van der Waals surface area contributed by atoms with E-state index in [1.807, 2.05) is 0 Å². The Morgan fingerprint density at radius 2 is 1.26 bits per heavy atom. The SMILES string of the molecule is CCCCCCCCCCCCCCCCCC(=O)O[C@@H]1CC[C@@]2(C)[C@H](CC[C@@H]3[C@@H]2CC[C@]2(C)[C@@H]([C@H](C)CCC(=O)O)CC[C@@H]32)C1. The minimum absolute atomic E-state index is 0.0550. The Bertz CT molecular complexity index is 915. The molecule has 4 fully saturated rings. The maximum atomic E-state index is 12.8. The number of aliphatic carboxylic acids is 1. The van der Waals surface area contributed by atoms with Crippen LogP contribution in [0.1, 0.15) is 201 Å². The predicted octanol–water partition coefficient (Wildman–Crippen LogP) is 12.3. The number of carboxylic acids is 1.